The van der Waals surface area contributed by atoms with E-state index >= 15 is 0 Å². The topological polar surface area (TPSA) is 149 Å². The molecule has 0 aliphatic carbocycles. The molecule has 0 aliphatic rings. The molecule has 0 bridgehead atoms. The average molecular weight is 559 g/mol. The van der Waals surface area contributed by atoms with Crippen LogP contribution in [-0.2, 0) is 0 Å². The fraction of sp³-hybridized carbons (Fsp3) is 0. The minimum absolute atomic E-state index is 0.312. The van der Waals surface area contributed by atoms with Gasteiger partial charge in [0, 0.05) is 0 Å². The number of carboxylic acid groups (broad SMARTS) is 4. The van der Waals surface area contributed by atoms with Crippen molar-refractivity contribution in [3.05, 3.63) is 131 Å². The summed E-state index contributed by atoms with van der Waals surface area (Å²) >= 11 is 0. The van der Waals surface area contributed by atoms with Gasteiger partial charge < -0.3 is 20.4 Å². The Morgan fingerprint density at radius 1 is 0.333 bits per heavy atom. The van der Waals surface area contributed by atoms with E-state index in [9.17, 15) is 39.6 Å². The second-order valence-electron chi connectivity index (χ2n) is 9.38. The van der Waals surface area contributed by atoms with Gasteiger partial charge in [0.05, 0.1) is 22.3 Å². The molecule has 5 aromatic rings. The monoisotopic (exact) mass is 558 g/mol. The van der Waals surface area contributed by atoms with E-state index in [1.54, 1.807) is 24.3 Å². The van der Waals surface area contributed by atoms with Crippen LogP contribution in [0, 0.1) is 0 Å². The Bertz CT molecular complexity index is 1770. The lowest BCUT2D eigenvalue weighted by Crippen LogP contribution is -2.08. The molecule has 42 heavy (non-hydrogen) atoms. The molecule has 206 valence electrons. The predicted molar refractivity (Wildman–Crippen MR) is 156 cm³/mol. The van der Waals surface area contributed by atoms with Gasteiger partial charge in [-0.2, -0.15) is 0 Å². The number of carbonyl (C=O) groups is 4. The minimum atomic E-state index is -1.35. The summed E-state index contributed by atoms with van der Waals surface area (Å²) in [5.41, 5.74) is 4.23. The first-order valence-corrected chi connectivity index (χ1v) is 12.7. The zero-order valence-electron chi connectivity index (χ0n) is 21.8. The van der Waals surface area contributed by atoms with Gasteiger partial charge in [0.2, 0.25) is 0 Å². The lowest BCUT2D eigenvalue weighted by molar-refractivity contribution is 0.0651. The summed E-state index contributed by atoms with van der Waals surface area (Å²) in [6.07, 6.45) is 0. The van der Waals surface area contributed by atoms with Gasteiger partial charge in [-0.05, 0) is 68.8 Å². The molecule has 0 spiro atoms. The number of hydrogen-bond donors (Lipinski definition) is 4. The summed E-state index contributed by atoms with van der Waals surface area (Å²) in [6.45, 7) is 0. The molecule has 0 saturated heterocycles. The van der Waals surface area contributed by atoms with E-state index in [1.807, 2.05) is 60.7 Å². The molecule has 0 unspecified atom stereocenters. The molecule has 0 atom stereocenters. The molecule has 8 heteroatoms. The fourth-order valence-corrected chi connectivity index (χ4v) is 5.04. The molecule has 0 amide bonds. The van der Waals surface area contributed by atoms with Gasteiger partial charge in [-0.25, -0.2) is 19.2 Å². The third-order valence-corrected chi connectivity index (χ3v) is 6.94. The van der Waals surface area contributed by atoms with Gasteiger partial charge in [0.1, 0.15) is 0 Å². The van der Waals surface area contributed by atoms with Crippen molar-refractivity contribution in [1.82, 2.24) is 0 Å². The molecule has 0 fully saturated rings. The van der Waals surface area contributed by atoms with E-state index in [2.05, 4.69) is 0 Å². The van der Waals surface area contributed by atoms with E-state index in [4.69, 9.17) is 0 Å². The Morgan fingerprint density at radius 2 is 0.595 bits per heavy atom. The molecular formula is C34H22O8. The van der Waals surface area contributed by atoms with Crippen molar-refractivity contribution >= 4 is 23.9 Å². The first-order valence-electron chi connectivity index (χ1n) is 12.7. The van der Waals surface area contributed by atoms with Crippen molar-refractivity contribution in [2.45, 2.75) is 0 Å². The zero-order chi connectivity index (χ0) is 30.0. The predicted octanol–water partition coefficient (Wildman–Crippen LogP) is 7.15. The maximum Gasteiger partial charge on any atom is 0.336 e. The molecule has 5 rings (SSSR count). The number of aromatic carboxylic acids is 4. The highest BCUT2D eigenvalue weighted by Crippen LogP contribution is 2.41. The second kappa shape index (κ2) is 11.2. The number of carboxylic acids is 4. The maximum absolute atomic E-state index is 11.9. The van der Waals surface area contributed by atoms with Gasteiger partial charge >= 0.3 is 23.9 Å². The van der Waals surface area contributed by atoms with Crippen molar-refractivity contribution in [2.75, 3.05) is 0 Å². The Kier molecular flexibility index (Phi) is 7.36. The smallest absolute Gasteiger partial charge is 0.336 e. The summed E-state index contributed by atoms with van der Waals surface area (Å²) in [6, 6.07) is 30.6. The normalized spacial score (nSPS) is 10.7. The third-order valence-electron chi connectivity index (χ3n) is 6.94. The largest absolute Gasteiger partial charge is 0.478 e. The lowest BCUT2D eigenvalue weighted by Gasteiger charge is -2.18. The van der Waals surface area contributed by atoms with E-state index < -0.39 is 23.9 Å². The number of benzene rings is 5. The highest BCUT2D eigenvalue weighted by atomic mass is 16.4. The van der Waals surface area contributed by atoms with Gasteiger partial charge in [0.15, 0.2) is 0 Å². The zero-order valence-corrected chi connectivity index (χ0v) is 21.8. The van der Waals surface area contributed by atoms with Crippen molar-refractivity contribution in [3.8, 4) is 44.5 Å². The molecule has 0 aromatic heterocycles. The Morgan fingerprint density at radius 3 is 0.881 bits per heavy atom. The first-order chi connectivity index (χ1) is 20.2. The quantitative estimate of drug-likeness (QED) is 0.157. The molecule has 4 N–H and O–H groups in total. The van der Waals surface area contributed by atoms with E-state index in [0.717, 1.165) is 22.3 Å². The fourth-order valence-electron chi connectivity index (χ4n) is 5.04. The van der Waals surface area contributed by atoms with Gasteiger partial charge in [-0.1, -0.05) is 84.9 Å². The van der Waals surface area contributed by atoms with E-state index in [-0.39, 0.29) is 22.3 Å². The molecule has 0 saturated carbocycles. The summed E-state index contributed by atoms with van der Waals surface area (Å²) in [5.74, 6) is -5.38. The molecule has 5 aromatic carbocycles. The lowest BCUT2D eigenvalue weighted by atomic mass is 9.86. The standard InChI is InChI=1S/C34H22O8/c35-31(36)27-15-13-19(17-29(27)33(39)40)21-7-1-3-9-23(21)25-11-5-6-12-26(25)24-10-4-2-8-22(24)20-14-16-28(32(37)38)30(18-20)34(41)42/h1-18H,(H,35,36)(H,37,38)(H,39,40)(H,41,42). The Balaban J connectivity index is 1.70. The molecular weight excluding hydrogens is 536 g/mol. The Labute approximate surface area is 239 Å². The highest BCUT2D eigenvalue weighted by molar-refractivity contribution is 6.05. The van der Waals surface area contributed by atoms with Crippen LogP contribution in [0.25, 0.3) is 44.5 Å². The summed E-state index contributed by atoms with van der Waals surface area (Å²) in [5, 5.41) is 38.3. The molecule has 0 aliphatic heterocycles. The van der Waals surface area contributed by atoms with E-state index in [0.29, 0.717) is 22.3 Å². The van der Waals surface area contributed by atoms with Crippen molar-refractivity contribution in [3.63, 3.8) is 0 Å². The van der Waals surface area contributed by atoms with Crippen molar-refractivity contribution < 1.29 is 39.6 Å². The van der Waals surface area contributed by atoms with Gasteiger partial charge in [-0.15, -0.1) is 0 Å². The van der Waals surface area contributed by atoms with Crippen molar-refractivity contribution in [2.24, 2.45) is 0 Å². The maximum atomic E-state index is 11.9. The third kappa shape index (κ3) is 5.12. The molecule has 0 heterocycles. The number of hydrogen-bond acceptors (Lipinski definition) is 4. The second-order valence-corrected chi connectivity index (χ2v) is 9.38. The van der Waals surface area contributed by atoms with Crippen LogP contribution in [0.4, 0.5) is 0 Å². The highest BCUT2D eigenvalue weighted by Gasteiger charge is 2.21. The van der Waals surface area contributed by atoms with Crippen LogP contribution in [0.5, 0.6) is 0 Å². The molecule has 8 nitrogen and oxygen atoms in total. The van der Waals surface area contributed by atoms with Gasteiger partial charge in [0.25, 0.3) is 0 Å². The van der Waals surface area contributed by atoms with Crippen LogP contribution >= 0.6 is 0 Å². The summed E-state index contributed by atoms with van der Waals surface area (Å²) in [4.78, 5) is 46.9. The van der Waals surface area contributed by atoms with Crippen LogP contribution in [-0.4, -0.2) is 44.3 Å². The van der Waals surface area contributed by atoms with Crippen LogP contribution < -0.4 is 0 Å². The number of rotatable bonds is 8. The summed E-state index contributed by atoms with van der Waals surface area (Å²) < 4.78 is 0. The minimum Gasteiger partial charge on any atom is -0.478 e. The SMILES string of the molecule is O=C(O)c1ccc(-c2ccccc2-c2ccccc2-c2ccccc2-c2ccc(C(=O)O)c(C(=O)O)c2)cc1C(=O)O. The molecule has 0 radical (unpaired) electrons. The van der Waals surface area contributed by atoms with Crippen LogP contribution in [0.3, 0.4) is 0 Å². The first kappa shape index (κ1) is 27.5. The average Bonchev–Trinajstić information content (AvgIpc) is 3.00. The van der Waals surface area contributed by atoms with Crippen LogP contribution in [0.1, 0.15) is 41.4 Å². The van der Waals surface area contributed by atoms with Crippen molar-refractivity contribution in [1.29, 1.82) is 0 Å². The van der Waals surface area contributed by atoms with Gasteiger partial charge in [-0.3, -0.25) is 0 Å². The van der Waals surface area contributed by atoms with Crippen LogP contribution in [0.2, 0.25) is 0 Å². The van der Waals surface area contributed by atoms with Crippen LogP contribution in [0.15, 0.2) is 109 Å². The summed E-state index contributed by atoms with van der Waals surface area (Å²) in [7, 11) is 0. The Hall–Kier alpha value is -6.02. The van der Waals surface area contributed by atoms with E-state index in [1.165, 1.54) is 24.3 Å².